The molecule has 156 valence electrons. The second kappa shape index (κ2) is 8.33. The molecule has 0 bridgehead atoms. The van der Waals surface area contributed by atoms with Crippen LogP contribution >= 0.6 is 0 Å². The van der Waals surface area contributed by atoms with E-state index in [1.54, 1.807) is 18.3 Å². The smallest absolute Gasteiger partial charge is 0.281 e. The highest BCUT2D eigenvalue weighted by Crippen LogP contribution is 2.22. The lowest BCUT2D eigenvalue weighted by molar-refractivity contribution is -0.117. The summed E-state index contributed by atoms with van der Waals surface area (Å²) in [5.41, 5.74) is 2.15. The minimum atomic E-state index is -0.586. The van der Waals surface area contributed by atoms with E-state index >= 15 is 0 Å². The maximum absolute atomic E-state index is 13.6. The number of nitrogens with zero attached hydrogens (tertiary/aromatic N) is 2. The number of aliphatic hydroxyl groups is 1. The summed E-state index contributed by atoms with van der Waals surface area (Å²) < 4.78 is 15.0. The zero-order valence-electron chi connectivity index (χ0n) is 16.6. The van der Waals surface area contributed by atoms with Crippen LogP contribution in [-0.2, 0) is 4.79 Å². The predicted octanol–water partition coefficient (Wildman–Crippen LogP) is 2.25. The summed E-state index contributed by atoms with van der Waals surface area (Å²) in [7, 11) is 0. The predicted molar refractivity (Wildman–Crippen MR) is 112 cm³/mol. The molecule has 1 aromatic carbocycles. The normalized spacial score (nSPS) is 19.0. The first-order chi connectivity index (χ1) is 14.4. The molecule has 0 spiro atoms. The lowest BCUT2D eigenvalue weighted by Gasteiger charge is -2.28. The van der Waals surface area contributed by atoms with Gasteiger partial charge in [0.25, 0.3) is 5.56 Å². The fraction of sp³-hybridized carbons (Fsp3) is 0.318. The molecule has 1 fully saturated rings. The summed E-state index contributed by atoms with van der Waals surface area (Å²) in [5.74, 6) is -0.736. The van der Waals surface area contributed by atoms with Crippen LogP contribution in [0, 0.1) is 12.7 Å². The van der Waals surface area contributed by atoms with Crippen molar-refractivity contribution < 1.29 is 14.3 Å². The fourth-order valence-electron chi connectivity index (χ4n) is 3.81. The molecule has 7 nitrogen and oxygen atoms in total. The number of halogens is 1. The molecular formula is C22H23FN4O3. The number of carbonyl (C=O) groups excluding carboxylic acids is 1. The monoisotopic (exact) mass is 410 g/mol. The molecule has 2 aromatic heterocycles. The topological polar surface area (TPSA) is 95.7 Å². The van der Waals surface area contributed by atoms with Gasteiger partial charge in [0.1, 0.15) is 17.2 Å². The van der Waals surface area contributed by atoms with Crippen molar-refractivity contribution in [2.75, 3.05) is 11.9 Å². The number of aliphatic hydroxyl groups excluding tert-OH is 1. The molecular weight excluding hydrogens is 387 g/mol. The van der Waals surface area contributed by atoms with Gasteiger partial charge in [-0.3, -0.25) is 14.0 Å². The quantitative estimate of drug-likeness (QED) is 0.613. The van der Waals surface area contributed by atoms with Gasteiger partial charge in [0.15, 0.2) is 0 Å². The Morgan fingerprint density at radius 2 is 2.20 bits per heavy atom. The molecule has 1 aliphatic rings. The average Bonchev–Trinajstić information content (AvgIpc) is 2.72. The Hall–Kier alpha value is -3.10. The van der Waals surface area contributed by atoms with Crippen molar-refractivity contribution in [3.63, 3.8) is 0 Å². The van der Waals surface area contributed by atoms with E-state index in [0.717, 1.165) is 18.5 Å². The molecule has 0 unspecified atom stereocenters. The van der Waals surface area contributed by atoms with Gasteiger partial charge < -0.3 is 15.7 Å². The molecule has 3 N–H and O–H groups in total. The van der Waals surface area contributed by atoms with Crippen molar-refractivity contribution in [1.82, 2.24) is 14.7 Å². The minimum absolute atomic E-state index is 0.0543. The number of aryl methyl sites for hydroxylation is 1. The van der Waals surface area contributed by atoms with E-state index in [1.165, 1.54) is 22.7 Å². The van der Waals surface area contributed by atoms with Crippen LogP contribution in [0.5, 0.6) is 0 Å². The minimum Gasteiger partial charge on any atom is -0.391 e. The van der Waals surface area contributed by atoms with Gasteiger partial charge >= 0.3 is 0 Å². The van der Waals surface area contributed by atoms with Gasteiger partial charge in [0.05, 0.1) is 12.3 Å². The molecule has 8 heteroatoms. The molecule has 3 heterocycles. The van der Waals surface area contributed by atoms with Crippen LogP contribution in [0.1, 0.15) is 24.8 Å². The third-order valence-electron chi connectivity index (χ3n) is 5.37. The highest BCUT2D eigenvalue weighted by atomic mass is 19.1. The second-order valence-corrected chi connectivity index (χ2v) is 7.62. The average molecular weight is 410 g/mol. The van der Waals surface area contributed by atoms with Gasteiger partial charge in [-0.25, -0.2) is 9.37 Å². The van der Waals surface area contributed by atoms with Crippen molar-refractivity contribution in [3.05, 3.63) is 64.5 Å². The van der Waals surface area contributed by atoms with Gasteiger partial charge in [0, 0.05) is 18.7 Å². The Labute approximate surface area is 172 Å². The zero-order chi connectivity index (χ0) is 21.3. The SMILES string of the molecule is Cc1cc(-c2cccc(F)c2)cn2c(=O)c(NC(=O)C[C@H]3NCCC[C@@H]3O)cnc12. The van der Waals surface area contributed by atoms with Crippen molar-refractivity contribution in [3.8, 4) is 11.1 Å². The first-order valence-corrected chi connectivity index (χ1v) is 9.91. The lowest BCUT2D eigenvalue weighted by Crippen LogP contribution is -2.46. The molecule has 3 aromatic rings. The van der Waals surface area contributed by atoms with Crippen molar-refractivity contribution in [2.45, 2.75) is 38.3 Å². The van der Waals surface area contributed by atoms with E-state index in [9.17, 15) is 19.1 Å². The van der Waals surface area contributed by atoms with E-state index in [2.05, 4.69) is 15.6 Å². The highest BCUT2D eigenvalue weighted by molar-refractivity contribution is 5.91. The Morgan fingerprint density at radius 1 is 1.37 bits per heavy atom. The van der Waals surface area contributed by atoms with Gasteiger partial charge in [-0.2, -0.15) is 0 Å². The Morgan fingerprint density at radius 3 is 2.97 bits per heavy atom. The van der Waals surface area contributed by atoms with E-state index in [0.29, 0.717) is 23.2 Å². The van der Waals surface area contributed by atoms with E-state index in [4.69, 9.17) is 0 Å². The summed E-state index contributed by atoms with van der Waals surface area (Å²) in [5, 5.41) is 15.8. The number of nitrogens with one attached hydrogen (secondary N) is 2. The van der Waals surface area contributed by atoms with Crippen LogP contribution < -0.4 is 16.2 Å². The van der Waals surface area contributed by atoms with Crippen LogP contribution in [0.4, 0.5) is 10.1 Å². The van der Waals surface area contributed by atoms with Crippen molar-refractivity contribution in [1.29, 1.82) is 0 Å². The van der Waals surface area contributed by atoms with Crippen LogP contribution in [0.15, 0.2) is 47.5 Å². The summed E-state index contributed by atoms with van der Waals surface area (Å²) in [4.78, 5) is 29.7. The Balaban J connectivity index is 1.64. The number of piperidine rings is 1. The maximum atomic E-state index is 13.6. The highest BCUT2D eigenvalue weighted by Gasteiger charge is 2.25. The number of hydrogen-bond donors (Lipinski definition) is 3. The number of pyridine rings is 1. The zero-order valence-corrected chi connectivity index (χ0v) is 16.6. The van der Waals surface area contributed by atoms with Crippen LogP contribution in [0.2, 0.25) is 0 Å². The van der Waals surface area contributed by atoms with E-state index in [1.807, 2.05) is 13.0 Å². The van der Waals surface area contributed by atoms with Crippen molar-refractivity contribution >= 4 is 17.2 Å². The number of hydrogen-bond acceptors (Lipinski definition) is 5. The molecule has 0 saturated carbocycles. The number of benzene rings is 1. The molecule has 1 amide bonds. The summed E-state index contributed by atoms with van der Waals surface area (Å²) >= 11 is 0. The second-order valence-electron chi connectivity index (χ2n) is 7.62. The first-order valence-electron chi connectivity index (χ1n) is 9.91. The number of anilines is 1. The van der Waals surface area contributed by atoms with Gasteiger partial charge in [-0.15, -0.1) is 0 Å². The fourth-order valence-corrected chi connectivity index (χ4v) is 3.81. The first kappa shape index (κ1) is 20.2. The van der Waals surface area contributed by atoms with E-state index in [-0.39, 0.29) is 29.9 Å². The molecule has 4 rings (SSSR count). The third-order valence-corrected chi connectivity index (χ3v) is 5.37. The number of amides is 1. The molecule has 0 aliphatic carbocycles. The van der Waals surface area contributed by atoms with Crippen LogP contribution in [0.3, 0.4) is 0 Å². The lowest BCUT2D eigenvalue weighted by atomic mass is 9.98. The molecule has 0 radical (unpaired) electrons. The van der Waals surface area contributed by atoms with Gasteiger partial charge in [-0.1, -0.05) is 12.1 Å². The summed E-state index contributed by atoms with van der Waals surface area (Å²) in [6, 6.07) is 7.62. The Bertz CT molecular complexity index is 1160. The standard InChI is InChI=1S/C22H23FN4O3/c1-13-8-15(14-4-2-5-16(23)9-14)12-27-21(13)25-11-18(22(27)30)26-20(29)10-17-19(28)6-3-7-24-17/h2,4-5,8-9,11-12,17,19,24,28H,3,6-7,10H2,1H3,(H,26,29)/t17-,19+/m1/s1. The summed E-state index contributed by atoms with van der Waals surface area (Å²) in [6.07, 6.45) is 3.92. The number of aromatic nitrogens is 2. The molecule has 30 heavy (non-hydrogen) atoms. The maximum Gasteiger partial charge on any atom is 0.281 e. The number of rotatable bonds is 4. The van der Waals surface area contributed by atoms with Crippen molar-refractivity contribution in [2.24, 2.45) is 0 Å². The van der Waals surface area contributed by atoms with E-state index < -0.39 is 11.7 Å². The molecule has 1 aliphatic heterocycles. The third kappa shape index (κ3) is 4.10. The van der Waals surface area contributed by atoms with Crippen LogP contribution in [0.25, 0.3) is 16.8 Å². The molecule has 1 saturated heterocycles. The largest absolute Gasteiger partial charge is 0.391 e. The Kier molecular flexibility index (Phi) is 5.61. The number of fused-ring (bicyclic) bond motifs is 1. The van der Waals surface area contributed by atoms with Gasteiger partial charge in [0.2, 0.25) is 5.91 Å². The number of carbonyl (C=O) groups is 1. The van der Waals surface area contributed by atoms with Crippen LogP contribution in [-0.4, -0.2) is 39.1 Å². The van der Waals surface area contributed by atoms with Gasteiger partial charge in [-0.05, 0) is 61.2 Å². The molecule has 2 atom stereocenters. The summed E-state index contributed by atoms with van der Waals surface area (Å²) in [6.45, 7) is 2.57.